The molecule has 0 aliphatic heterocycles. The third-order valence-electron chi connectivity index (χ3n) is 7.05. The lowest BCUT2D eigenvalue weighted by atomic mass is 9.43. The Kier molecular flexibility index (Phi) is 5.06. The van der Waals surface area contributed by atoms with Crippen LogP contribution in [0.25, 0.3) is 0 Å². The standard InChI is InChI=1S/C22H32O4/c1-6-19(23)25-8-7-15(4)20(24)26-22(14(2)3)17-9-16-10-18(22)13-21(5,11-16)12-17/h6,14,16-18H,1,4,7-13H2,2-3,5H3. The summed E-state index contributed by atoms with van der Waals surface area (Å²) in [5.74, 6) is 1.18. The van der Waals surface area contributed by atoms with Gasteiger partial charge in [-0.2, -0.15) is 0 Å². The van der Waals surface area contributed by atoms with E-state index in [2.05, 4.69) is 33.9 Å². The number of esters is 2. The number of hydrogen-bond acceptors (Lipinski definition) is 4. The molecule has 4 heteroatoms. The van der Waals surface area contributed by atoms with E-state index in [0.29, 0.717) is 29.2 Å². The summed E-state index contributed by atoms with van der Waals surface area (Å²) in [6.45, 7) is 14.1. The van der Waals surface area contributed by atoms with Crippen LogP contribution in [0.5, 0.6) is 0 Å². The Balaban J connectivity index is 1.69. The highest BCUT2D eigenvalue weighted by atomic mass is 16.6. The minimum atomic E-state index is -0.487. The SMILES string of the molecule is C=CC(=O)OCCC(=C)C(=O)OC1(C(C)C)C2CC3CC1CC(C)(C3)C2. The molecule has 0 aromatic carbocycles. The summed E-state index contributed by atoms with van der Waals surface area (Å²) in [4.78, 5) is 23.9. The minimum absolute atomic E-state index is 0.125. The van der Waals surface area contributed by atoms with Crippen molar-refractivity contribution >= 4 is 11.9 Å². The second-order valence-corrected chi connectivity index (χ2v) is 9.28. The lowest BCUT2D eigenvalue weighted by molar-refractivity contribution is -0.235. The Bertz CT molecular complexity index is 602. The van der Waals surface area contributed by atoms with Crippen molar-refractivity contribution in [3.8, 4) is 0 Å². The van der Waals surface area contributed by atoms with Crippen molar-refractivity contribution in [1.82, 2.24) is 0 Å². The molecule has 4 aliphatic carbocycles. The van der Waals surface area contributed by atoms with Crippen LogP contribution in [0.1, 0.15) is 59.3 Å². The van der Waals surface area contributed by atoms with Crippen molar-refractivity contribution in [2.45, 2.75) is 64.9 Å². The minimum Gasteiger partial charge on any atom is -0.462 e. The first-order valence-corrected chi connectivity index (χ1v) is 9.90. The molecule has 0 amide bonds. The van der Waals surface area contributed by atoms with E-state index in [-0.39, 0.29) is 24.1 Å². The molecule has 0 N–H and O–H groups in total. The molecular weight excluding hydrogens is 328 g/mol. The van der Waals surface area contributed by atoms with Crippen LogP contribution in [0.3, 0.4) is 0 Å². The quantitative estimate of drug-likeness (QED) is 0.497. The maximum absolute atomic E-state index is 12.8. The van der Waals surface area contributed by atoms with E-state index < -0.39 is 5.97 Å². The lowest BCUT2D eigenvalue weighted by Crippen LogP contribution is -2.64. The fraction of sp³-hybridized carbons (Fsp3) is 0.727. The average Bonchev–Trinajstić information content (AvgIpc) is 2.55. The van der Waals surface area contributed by atoms with Gasteiger partial charge < -0.3 is 9.47 Å². The average molecular weight is 360 g/mol. The molecule has 4 nitrogen and oxygen atoms in total. The van der Waals surface area contributed by atoms with E-state index in [1.165, 1.54) is 19.3 Å². The second-order valence-electron chi connectivity index (χ2n) is 9.28. The van der Waals surface area contributed by atoms with Crippen LogP contribution in [0.4, 0.5) is 0 Å². The summed E-state index contributed by atoms with van der Waals surface area (Å²) in [7, 11) is 0. The van der Waals surface area contributed by atoms with Gasteiger partial charge in [0.1, 0.15) is 5.60 Å². The predicted octanol–water partition coefficient (Wildman–Crippen LogP) is 4.45. The molecule has 4 rings (SSSR count). The predicted molar refractivity (Wildman–Crippen MR) is 100 cm³/mol. The molecule has 0 aromatic rings. The first-order chi connectivity index (χ1) is 12.2. The highest BCUT2D eigenvalue weighted by Gasteiger charge is 2.63. The molecule has 4 fully saturated rings. The topological polar surface area (TPSA) is 52.6 Å². The highest BCUT2D eigenvalue weighted by Crippen LogP contribution is 2.66. The van der Waals surface area contributed by atoms with Crippen LogP contribution in [-0.4, -0.2) is 24.1 Å². The third kappa shape index (κ3) is 3.23. The number of carbonyl (C=O) groups excluding carboxylic acids is 2. The maximum atomic E-state index is 12.8. The van der Waals surface area contributed by atoms with Gasteiger partial charge in [-0.1, -0.05) is 33.9 Å². The number of rotatable bonds is 7. The van der Waals surface area contributed by atoms with Gasteiger partial charge in [-0.3, -0.25) is 0 Å². The molecule has 26 heavy (non-hydrogen) atoms. The number of carbonyl (C=O) groups is 2. The van der Waals surface area contributed by atoms with Crippen LogP contribution in [0.15, 0.2) is 24.8 Å². The molecule has 0 radical (unpaired) electrons. The van der Waals surface area contributed by atoms with Crippen molar-refractivity contribution < 1.29 is 19.1 Å². The van der Waals surface area contributed by atoms with Gasteiger partial charge in [-0.15, -0.1) is 0 Å². The molecule has 2 unspecified atom stereocenters. The van der Waals surface area contributed by atoms with Crippen molar-refractivity contribution in [1.29, 1.82) is 0 Å². The van der Waals surface area contributed by atoms with E-state index in [1.54, 1.807) is 0 Å². The first kappa shape index (κ1) is 19.2. The number of ether oxygens (including phenoxy) is 2. The van der Waals surface area contributed by atoms with Crippen LogP contribution < -0.4 is 0 Å². The summed E-state index contributed by atoms with van der Waals surface area (Å²) in [6, 6.07) is 0. The van der Waals surface area contributed by atoms with Crippen molar-refractivity contribution in [3.63, 3.8) is 0 Å². The summed E-state index contributed by atoms with van der Waals surface area (Å²) in [5, 5.41) is 0. The highest BCUT2D eigenvalue weighted by molar-refractivity contribution is 5.88. The molecule has 2 atom stereocenters. The molecule has 4 saturated carbocycles. The van der Waals surface area contributed by atoms with Gasteiger partial charge in [-0.25, -0.2) is 9.59 Å². The first-order valence-electron chi connectivity index (χ1n) is 9.90. The van der Waals surface area contributed by atoms with Crippen LogP contribution in [0, 0.1) is 29.1 Å². The summed E-state index contributed by atoms with van der Waals surface area (Å²) < 4.78 is 11.2. The Morgan fingerprint density at radius 1 is 1.19 bits per heavy atom. The molecular formula is C22H32O4. The third-order valence-corrected chi connectivity index (χ3v) is 7.05. The van der Waals surface area contributed by atoms with E-state index in [1.807, 2.05) is 0 Å². The molecule has 0 saturated heterocycles. The Hall–Kier alpha value is -1.58. The zero-order valence-corrected chi connectivity index (χ0v) is 16.4. The second kappa shape index (κ2) is 6.86. The lowest BCUT2D eigenvalue weighted by Gasteiger charge is -2.65. The Morgan fingerprint density at radius 3 is 2.31 bits per heavy atom. The summed E-state index contributed by atoms with van der Waals surface area (Å²) in [5.41, 5.74) is 0.438. The van der Waals surface area contributed by atoms with Gasteiger partial charge in [0.05, 0.1) is 6.61 Å². The zero-order chi connectivity index (χ0) is 19.1. The van der Waals surface area contributed by atoms with Crippen molar-refractivity contribution in [3.05, 3.63) is 24.8 Å². The van der Waals surface area contributed by atoms with Gasteiger partial charge in [0.25, 0.3) is 0 Å². The summed E-state index contributed by atoms with van der Waals surface area (Å²) >= 11 is 0. The van der Waals surface area contributed by atoms with E-state index in [0.717, 1.165) is 24.8 Å². The van der Waals surface area contributed by atoms with Crippen molar-refractivity contribution in [2.75, 3.05) is 6.61 Å². The number of hydrogen-bond donors (Lipinski definition) is 0. The van der Waals surface area contributed by atoms with Gasteiger partial charge in [0.2, 0.25) is 0 Å². The smallest absolute Gasteiger partial charge is 0.334 e. The fourth-order valence-corrected chi connectivity index (χ4v) is 6.29. The molecule has 4 aliphatic rings. The normalized spacial score (nSPS) is 37.5. The van der Waals surface area contributed by atoms with Crippen LogP contribution >= 0.6 is 0 Å². The molecule has 0 aromatic heterocycles. The Labute approximate surface area is 157 Å². The molecule has 0 spiro atoms. The van der Waals surface area contributed by atoms with Gasteiger partial charge in [-0.05, 0) is 49.4 Å². The van der Waals surface area contributed by atoms with Crippen molar-refractivity contribution in [2.24, 2.45) is 29.1 Å². The summed E-state index contributed by atoms with van der Waals surface area (Å²) in [6.07, 6.45) is 7.43. The Morgan fingerprint density at radius 2 is 1.81 bits per heavy atom. The zero-order valence-electron chi connectivity index (χ0n) is 16.4. The van der Waals surface area contributed by atoms with Gasteiger partial charge in [0.15, 0.2) is 0 Å². The maximum Gasteiger partial charge on any atom is 0.334 e. The van der Waals surface area contributed by atoms with E-state index >= 15 is 0 Å². The molecule has 0 heterocycles. The fourth-order valence-electron chi connectivity index (χ4n) is 6.29. The van der Waals surface area contributed by atoms with Crippen LogP contribution in [-0.2, 0) is 19.1 Å². The van der Waals surface area contributed by atoms with E-state index in [4.69, 9.17) is 9.47 Å². The molecule has 144 valence electrons. The van der Waals surface area contributed by atoms with Crippen LogP contribution in [0.2, 0.25) is 0 Å². The largest absolute Gasteiger partial charge is 0.462 e. The van der Waals surface area contributed by atoms with Gasteiger partial charge in [0, 0.05) is 29.9 Å². The monoisotopic (exact) mass is 360 g/mol. The molecule has 4 bridgehead atoms. The van der Waals surface area contributed by atoms with Gasteiger partial charge >= 0.3 is 11.9 Å². The van der Waals surface area contributed by atoms with E-state index in [9.17, 15) is 9.59 Å².